The fourth-order valence-electron chi connectivity index (χ4n) is 1.88. The Labute approximate surface area is 110 Å². The molecule has 0 saturated heterocycles. The summed E-state index contributed by atoms with van der Waals surface area (Å²) in [5, 5.41) is 10.9. The summed E-state index contributed by atoms with van der Waals surface area (Å²) < 4.78 is 52.6. The third kappa shape index (κ3) is 2.47. The molecule has 0 bridgehead atoms. The van der Waals surface area contributed by atoms with E-state index in [0.29, 0.717) is 6.07 Å². The predicted octanol–water partition coefficient (Wildman–Crippen LogP) is 4.42. The Morgan fingerprint density at radius 1 is 1.00 bits per heavy atom. The highest BCUT2D eigenvalue weighted by atomic mass is 19.4. The Bertz CT molecular complexity index is 668. The second-order valence-electron chi connectivity index (χ2n) is 3.93. The lowest BCUT2D eigenvalue weighted by atomic mass is 9.97. The first-order chi connectivity index (χ1) is 9.32. The van der Waals surface area contributed by atoms with Gasteiger partial charge in [-0.3, -0.25) is 10.1 Å². The largest absolute Gasteiger partial charge is 0.417 e. The molecule has 0 unspecified atom stereocenters. The molecule has 0 amide bonds. The number of benzene rings is 2. The van der Waals surface area contributed by atoms with Gasteiger partial charge in [0.15, 0.2) is 0 Å². The van der Waals surface area contributed by atoms with Crippen LogP contribution in [0.4, 0.5) is 23.2 Å². The lowest BCUT2D eigenvalue weighted by Crippen LogP contribution is -2.09. The van der Waals surface area contributed by atoms with Gasteiger partial charge in [-0.15, -0.1) is 0 Å². The van der Waals surface area contributed by atoms with E-state index in [2.05, 4.69) is 0 Å². The average Bonchev–Trinajstić information content (AvgIpc) is 2.37. The van der Waals surface area contributed by atoms with Crippen molar-refractivity contribution in [1.29, 1.82) is 0 Å². The van der Waals surface area contributed by atoms with Crippen LogP contribution in [0.1, 0.15) is 5.56 Å². The van der Waals surface area contributed by atoms with Crippen LogP contribution in [0.25, 0.3) is 11.1 Å². The Morgan fingerprint density at radius 3 is 2.20 bits per heavy atom. The van der Waals surface area contributed by atoms with E-state index in [1.807, 2.05) is 0 Å². The van der Waals surface area contributed by atoms with Crippen LogP contribution < -0.4 is 0 Å². The molecule has 2 aromatic carbocycles. The van der Waals surface area contributed by atoms with Gasteiger partial charge in [0, 0.05) is 11.6 Å². The van der Waals surface area contributed by atoms with Crippen molar-refractivity contribution in [2.75, 3.05) is 0 Å². The fourth-order valence-corrected chi connectivity index (χ4v) is 1.88. The third-order valence-corrected chi connectivity index (χ3v) is 2.69. The predicted molar refractivity (Wildman–Crippen MR) is 63.5 cm³/mol. The highest BCUT2D eigenvalue weighted by molar-refractivity contribution is 5.77. The molecule has 3 nitrogen and oxygen atoms in total. The Hall–Kier alpha value is -2.44. The second kappa shape index (κ2) is 4.92. The minimum Gasteiger partial charge on any atom is -0.258 e. The van der Waals surface area contributed by atoms with E-state index in [9.17, 15) is 27.7 Å². The zero-order valence-electron chi connectivity index (χ0n) is 9.82. The second-order valence-corrected chi connectivity index (χ2v) is 3.93. The van der Waals surface area contributed by atoms with Crippen LogP contribution in [0.3, 0.4) is 0 Å². The number of alkyl halides is 3. The van der Waals surface area contributed by atoms with E-state index in [-0.39, 0.29) is 0 Å². The molecule has 0 saturated carbocycles. The Balaban J connectivity index is 2.85. The summed E-state index contributed by atoms with van der Waals surface area (Å²) >= 11 is 0. The summed E-state index contributed by atoms with van der Waals surface area (Å²) in [4.78, 5) is 9.94. The lowest BCUT2D eigenvalue weighted by molar-refractivity contribution is -0.384. The molecule has 0 radical (unpaired) electrons. The van der Waals surface area contributed by atoms with Crippen molar-refractivity contribution < 1.29 is 22.5 Å². The molecular formula is C13H7F4NO2. The van der Waals surface area contributed by atoms with E-state index >= 15 is 0 Å². The maximum Gasteiger partial charge on any atom is 0.417 e. The first-order valence-electron chi connectivity index (χ1n) is 5.42. The monoisotopic (exact) mass is 285 g/mol. The van der Waals surface area contributed by atoms with Crippen molar-refractivity contribution in [1.82, 2.24) is 0 Å². The SMILES string of the molecule is O=[N+]([O-])c1cccc(C(F)(F)F)c1-c1ccccc1F. The number of nitrogens with zero attached hydrogens (tertiary/aromatic N) is 1. The molecular weight excluding hydrogens is 278 g/mol. The molecule has 0 aliphatic rings. The molecule has 0 aromatic heterocycles. The topological polar surface area (TPSA) is 43.1 Å². The highest BCUT2D eigenvalue weighted by Crippen LogP contribution is 2.42. The highest BCUT2D eigenvalue weighted by Gasteiger charge is 2.37. The first kappa shape index (κ1) is 14.0. The minimum atomic E-state index is -4.82. The quantitative estimate of drug-likeness (QED) is 0.465. The van der Waals surface area contributed by atoms with Crippen molar-refractivity contribution in [2.24, 2.45) is 0 Å². The molecule has 0 atom stereocenters. The zero-order valence-corrected chi connectivity index (χ0v) is 9.82. The van der Waals surface area contributed by atoms with Crippen LogP contribution in [0.2, 0.25) is 0 Å². The number of hydrogen-bond donors (Lipinski definition) is 0. The first-order valence-corrected chi connectivity index (χ1v) is 5.42. The number of halogens is 4. The number of nitro groups is 1. The molecule has 0 heterocycles. The van der Waals surface area contributed by atoms with E-state index in [0.717, 1.165) is 24.3 Å². The number of hydrogen-bond acceptors (Lipinski definition) is 2. The van der Waals surface area contributed by atoms with Gasteiger partial charge in [0.25, 0.3) is 5.69 Å². The minimum absolute atomic E-state index is 0.452. The number of rotatable bonds is 2. The summed E-state index contributed by atoms with van der Waals surface area (Å²) in [5.74, 6) is -0.952. The molecule has 20 heavy (non-hydrogen) atoms. The number of nitro benzene ring substituents is 1. The van der Waals surface area contributed by atoms with Crippen LogP contribution in [-0.4, -0.2) is 4.92 Å². The summed E-state index contributed by atoms with van der Waals surface area (Å²) in [6.07, 6.45) is -4.82. The van der Waals surface area contributed by atoms with Crippen LogP contribution in [0, 0.1) is 15.9 Å². The molecule has 0 N–H and O–H groups in total. The molecule has 2 rings (SSSR count). The molecule has 104 valence electrons. The van der Waals surface area contributed by atoms with Gasteiger partial charge >= 0.3 is 6.18 Å². The maximum absolute atomic E-state index is 13.7. The molecule has 7 heteroatoms. The molecule has 0 fully saturated rings. The Kier molecular flexibility index (Phi) is 3.44. The van der Waals surface area contributed by atoms with E-state index < -0.39 is 39.3 Å². The maximum atomic E-state index is 13.7. The molecule has 0 spiro atoms. The van der Waals surface area contributed by atoms with Gasteiger partial charge < -0.3 is 0 Å². The van der Waals surface area contributed by atoms with Crippen LogP contribution >= 0.6 is 0 Å². The average molecular weight is 285 g/mol. The van der Waals surface area contributed by atoms with E-state index in [1.54, 1.807) is 0 Å². The fraction of sp³-hybridized carbons (Fsp3) is 0.0769. The summed E-state index contributed by atoms with van der Waals surface area (Å²) in [5.41, 5.74) is -3.24. The van der Waals surface area contributed by atoms with Crippen molar-refractivity contribution in [2.45, 2.75) is 6.18 Å². The van der Waals surface area contributed by atoms with Gasteiger partial charge in [-0.2, -0.15) is 13.2 Å². The molecule has 0 aliphatic heterocycles. The van der Waals surface area contributed by atoms with Crippen molar-refractivity contribution in [3.05, 3.63) is 64.0 Å². The van der Waals surface area contributed by atoms with E-state index in [4.69, 9.17) is 0 Å². The van der Waals surface area contributed by atoms with Gasteiger partial charge in [-0.1, -0.05) is 24.3 Å². The summed E-state index contributed by atoms with van der Waals surface area (Å²) in [6.45, 7) is 0. The lowest BCUT2D eigenvalue weighted by Gasteiger charge is -2.13. The van der Waals surface area contributed by atoms with E-state index in [1.165, 1.54) is 12.1 Å². The summed E-state index contributed by atoms with van der Waals surface area (Å²) in [6, 6.07) is 7.16. The Morgan fingerprint density at radius 2 is 1.65 bits per heavy atom. The van der Waals surface area contributed by atoms with Gasteiger partial charge in [0.05, 0.1) is 16.1 Å². The van der Waals surface area contributed by atoms with Crippen molar-refractivity contribution in [3.8, 4) is 11.1 Å². The van der Waals surface area contributed by atoms with Gasteiger partial charge in [-0.05, 0) is 12.1 Å². The standard InChI is InChI=1S/C13H7F4NO2/c14-10-6-2-1-4-8(10)12-9(13(15,16)17)5-3-7-11(12)18(19)20/h1-7H. The zero-order chi connectivity index (χ0) is 14.9. The molecule has 2 aromatic rings. The van der Waals surface area contributed by atoms with Crippen LogP contribution in [0.15, 0.2) is 42.5 Å². The van der Waals surface area contributed by atoms with Crippen molar-refractivity contribution in [3.63, 3.8) is 0 Å². The van der Waals surface area contributed by atoms with Gasteiger partial charge in [-0.25, -0.2) is 4.39 Å². The van der Waals surface area contributed by atoms with Crippen LogP contribution in [0.5, 0.6) is 0 Å². The summed E-state index contributed by atoms with van der Waals surface area (Å²) in [7, 11) is 0. The van der Waals surface area contributed by atoms with Gasteiger partial charge in [0.1, 0.15) is 5.82 Å². The van der Waals surface area contributed by atoms with Gasteiger partial charge in [0.2, 0.25) is 0 Å². The van der Waals surface area contributed by atoms with Crippen LogP contribution in [-0.2, 0) is 6.18 Å². The smallest absolute Gasteiger partial charge is 0.258 e. The normalized spacial score (nSPS) is 11.4. The van der Waals surface area contributed by atoms with Crippen molar-refractivity contribution >= 4 is 5.69 Å². The molecule has 0 aliphatic carbocycles. The third-order valence-electron chi connectivity index (χ3n) is 2.69.